The summed E-state index contributed by atoms with van der Waals surface area (Å²) in [5.74, 6) is -0.405. The summed E-state index contributed by atoms with van der Waals surface area (Å²) in [7, 11) is 0. The van der Waals surface area contributed by atoms with Gasteiger partial charge in [0.1, 0.15) is 6.04 Å². The van der Waals surface area contributed by atoms with E-state index in [0.29, 0.717) is 19.8 Å². The number of alkyl halides is 3. The van der Waals surface area contributed by atoms with Crippen LogP contribution in [-0.4, -0.2) is 50.2 Å². The maximum absolute atomic E-state index is 12.9. The minimum atomic E-state index is -4.46. The smallest absolute Gasteiger partial charge is 0.379 e. The standard InChI is InChI=1S/C21H24F3N3O2/c22-21(23,24)17-7-4-8-18(15-17)26-20(28)19(16-5-2-1-3-6-16)25-9-10-27-11-13-29-14-12-27/h1-8,15,19,25H,9-14H2,(H,26,28)/t19-/m1/s1. The van der Waals surface area contributed by atoms with Crippen LogP contribution in [-0.2, 0) is 15.7 Å². The van der Waals surface area contributed by atoms with E-state index < -0.39 is 23.7 Å². The molecule has 1 saturated heterocycles. The Kier molecular flexibility index (Phi) is 7.24. The molecule has 5 nitrogen and oxygen atoms in total. The number of halogens is 3. The number of nitrogens with zero attached hydrogens (tertiary/aromatic N) is 1. The van der Waals surface area contributed by atoms with Crippen LogP contribution in [0.1, 0.15) is 17.2 Å². The average molecular weight is 407 g/mol. The second-order valence-corrected chi connectivity index (χ2v) is 6.82. The fourth-order valence-corrected chi connectivity index (χ4v) is 3.19. The average Bonchev–Trinajstić information content (AvgIpc) is 2.72. The van der Waals surface area contributed by atoms with Crippen molar-refractivity contribution in [3.63, 3.8) is 0 Å². The SMILES string of the molecule is O=C(Nc1cccc(C(F)(F)F)c1)[C@H](NCCN1CCOCC1)c1ccccc1. The highest BCUT2D eigenvalue weighted by Gasteiger charge is 2.30. The lowest BCUT2D eigenvalue weighted by molar-refractivity contribution is -0.137. The van der Waals surface area contributed by atoms with Crippen molar-refractivity contribution in [2.45, 2.75) is 12.2 Å². The summed E-state index contributed by atoms with van der Waals surface area (Å²) in [6.45, 7) is 4.39. The Bertz CT molecular complexity index is 793. The lowest BCUT2D eigenvalue weighted by atomic mass is 10.1. The molecule has 2 aromatic carbocycles. The highest BCUT2D eigenvalue weighted by Crippen LogP contribution is 2.30. The fraction of sp³-hybridized carbons (Fsp3) is 0.381. The van der Waals surface area contributed by atoms with Crippen LogP contribution >= 0.6 is 0 Å². The number of anilines is 1. The number of amides is 1. The van der Waals surface area contributed by atoms with Crippen LogP contribution in [0.25, 0.3) is 0 Å². The molecular weight excluding hydrogens is 383 g/mol. The molecule has 3 rings (SSSR count). The summed E-state index contributed by atoms with van der Waals surface area (Å²) >= 11 is 0. The second-order valence-electron chi connectivity index (χ2n) is 6.82. The molecule has 2 N–H and O–H groups in total. The first kappa shape index (κ1) is 21.3. The zero-order chi connectivity index (χ0) is 20.7. The Balaban J connectivity index is 1.67. The maximum atomic E-state index is 12.9. The zero-order valence-electron chi connectivity index (χ0n) is 15.9. The van der Waals surface area contributed by atoms with Crippen LogP contribution in [0.2, 0.25) is 0 Å². The van der Waals surface area contributed by atoms with E-state index >= 15 is 0 Å². The van der Waals surface area contributed by atoms with Crippen molar-refractivity contribution < 1.29 is 22.7 Å². The summed E-state index contributed by atoms with van der Waals surface area (Å²) in [5, 5.41) is 5.84. The zero-order valence-corrected chi connectivity index (χ0v) is 15.9. The molecule has 0 unspecified atom stereocenters. The van der Waals surface area contributed by atoms with Crippen molar-refractivity contribution in [1.82, 2.24) is 10.2 Å². The maximum Gasteiger partial charge on any atom is 0.416 e. The van der Waals surface area contributed by atoms with Crippen LogP contribution in [0.15, 0.2) is 54.6 Å². The van der Waals surface area contributed by atoms with E-state index in [1.807, 2.05) is 30.3 Å². The number of benzene rings is 2. The lowest BCUT2D eigenvalue weighted by Crippen LogP contribution is -2.42. The van der Waals surface area contributed by atoms with Crippen LogP contribution < -0.4 is 10.6 Å². The summed E-state index contributed by atoms with van der Waals surface area (Å²) < 4.78 is 44.1. The first-order valence-corrected chi connectivity index (χ1v) is 9.50. The normalized spacial score (nSPS) is 16.4. The van der Waals surface area contributed by atoms with Gasteiger partial charge in [-0.3, -0.25) is 9.69 Å². The molecule has 1 heterocycles. The minimum absolute atomic E-state index is 0.112. The van der Waals surface area contributed by atoms with Crippen molar-refractivity contribution in [3.8, 4) is 0 Å². The van der Waals surface area contributed by atoms with E-state index in [2.05, 4.69) is 15.5 Å². The van der Waals surface area contributed by atoms with Crippen LogP contribution in [0, 0.1) is 0 Å². The van der Waals surface area contributed by atoms with Crippen molar-refractivity contribution in [2.75, 3.05) is 44.7 Å². The highest BCUT2D eigenvalue weighted by atomic mass is 19.4. The molecule has 156 valence electrons. The van der Waals surface area contributed by atoms with Gasteiger partial charge in [0.15, 0.2) is 0 Å². The van der Waals surface area contributed by atoms with Crippen LogP contribution in [0.3, 0.4) is 0 Å². The second kappa shape index (κ2) is 9.87. The van der Waals surface area contributed by atoms with Gasteiger partial charge in [-0.25, -0.2) is 0 Å². The fourth-order valence-electron chi connectivity index (χ4n) is 3.19. The molecule has 1 aliphatic rings. The summed E-state index contributed by atoms with van der Waals surface area (Å²) in [4.78, 5) is 15.1. The van der Waals surface area contributed by atoms with Crippen molar-refractivity contribution >= 4 is 11.6 Å². The molecule has 1 fully saturated rings. The predicted molar refractivity (Wildman–Crippen MR) is 105 cm³/mol. The van der Waals surface area contributed by atoms with E-state index in [1.165, 1.54) is 12.1 Å². The number of nitrogens with one attached hydrogen (secondary N) is 2. The molecular formula is C21H24F3N3O2. The predicted octanol–water partition coefficient (Wildman–Crippen LogP) is 3.31. The van der Waals surface area contributed by atoms with Gasteiger partial charge in [0, 0.05) is 31.9 Å². The molecule has 1 aliphatic heterocycles. The molecule has 0 bridgehead atoms. The first-order chi connectivity index (χ1) is 13.9. The summed E-state index contributed by atoms with van der Waals surface area (Å²) in [5.41, 5.74) is 0.0616. The molecule has 0 aromatic heterocycles. The van der Waals surface area contributed by atoms with Gasteiger partial charge in [-0.05, 0) is 23.8 Å². The Morgan fingerprint density at radius 3 is 2.48 bits per heavy atom. The molecule has 0 spiro atoms. The molecule has 2 aromatic rings. The van der Waals surface area contributed by atoms with Gasteiger partial charge in [0.2, 0.25) is 5.91 Å². The van der Waals surface area contributed by atoms with E-state index in [-0.39, 0.29) is 5.69 Å². The monoisotopic (exact) mass is 407 g/mol. The van der Waals surface area contributed by atoms with Crippen molar-refractivity contribution in [2.24, 2.45) is 0 Å². The van der Waals surface area contributed by atoms with E-state index in [4.69, 9.17) is 4.74 Å². The molecule has 0 radical (unpaired) electrons. The molecule has 8 heteroatoms. The third-order valence-electron chi connectivity index (χ3n) is 4.73. The Labute approximate surface area is 167 Å². The Morgan fingerprint density at radius 1 is 1.07 bits per heavy atom. The van der Waals surface area contributed by atoms with Crippen molar-refractivity contribution in [3.05, 3.63) is 65.7 Å². The van der Waals surface area contributed by atoms with E-state index in [1.54, 1.807) is 0 Å². The summed E-state index contributed by atoms with van der Waals surface area (Å²) in [6.07, 6.45) is -4.46. The molecule has 1 atom stereocenters. The van der Waals surface area contributed by atoms with Gasteiger partial charge < -0.3 is 15.4 Å². The van der Waals surface area contributed by atoms with Gasteiger partial charge >= 0.3 is 6.18 Å². The van der Waals surface area contributed by atoms with E-state index in [0.717, 1.165) is 37.3 Å². The minimum Gasteiger partial charge on any atom is -0.379 e. The lowest BCUT2D eigenvalue weighted by Gasteiger charge is -2.27. The number of hydrogen-bond acceptors (Lipinski definition) is 4. The van der Waals surface area contributed by atoms with Crippen LogP contribution in [0.4, 0.5) is 18.9 Å². The third kappa shape index (κ3) is 6.28. The largest absolute Gasteiger partial charge is 0.416 e. The van der Waals surface area contributed by atoms with Gasteiger partial charge in [-0.15, -0.1) is 0 Å². The Morgan fingerprint density at radius 2 is 1.79 bits per heavy atom. The molecule has 0 saturated carbocycles. The van der Waals surface area contributed by atoms with Gasteiger partial charge in [-0.2, -0.15) is 13.2 Å². The number of carbonyl (C=O) groups excluding carboxylic acids is 1. The quantitative estimate of drug-likeness (QED) is 0.740. The van der Waals surface area contributed by atoms with Gasteiger partial charge in [0.25, 0.3) is 0 Å². The number of rotatable bonds is 7. The van der Waals surface area contributed by atoms with Crippen molar-refractivity contribution in [1.29, 1.82) is 0 Å². The number of carbonyl (C=O) groups is 1. The third-order valence-corrected chi connectivity index (χ3v) is 4.73. The summed E-state index contributed by atoms with van der Waals surface area (Å²) in [6, 6.07) is 13.1. The Hall–Kier alpha value is -2.42. The van der Waals surface area contributed by atoms with Gasteiger partial charge in [-0.1, -0.05) is 36.4 Å². The number of morpholine rings is 1. The molecule has 1 amide bonds. The topological polar surface area (TPSA) is 53.6 Å². The number of hydrogen-bond donors (Lipinski definition) is 2. The van der Waals surface area contributed by atoms with Crippen LogP contribution in [0.5, 0.6) is 0 Å². The first-order valence-electron chi connectivity index (χ1n) is 9.50. The molecule has 29 heavy (non-hydrogen) atoms. The van der Waals surface area contributed by atoms with E-state index in [9.17, 15) is 18.0 Å². The molecule has 0 aliphatic carbocycles. The number of ether oxygens (including phenoxy) is 1. The van der Waals surface area contributed by atoms with Gasteiger partial charge in [0.05, 0.1) is 18.8 Å². The highest BCUT2D eigenvalue weighted by molar-refractivity contribution is 5.95.